The predicted octanol–water partition coefficient (Wildman–Crippen LogP) is 4.36. The van der Waals surface area contributed by atoms with E-state index < -0.39 is 0 Å². The lowest BCUT2D eigenvalue weighted by Crippen LogP contribution is -2.11. The van der Waals surface area contributed by atoms with E-state index in [4.69, 9.17) is 4.74 Å². The molecule has 3 heteroatoms. The van der Waals surface area contributed by atoms with Gasteiger partial charge in [0.2, 0.25) is 0 Å². The molecule has 1 unspecified atom stereocenters. The summed E-state index contributed by atoms with van der Waals surface area (Å²) in [6, 6.07) is 16.5. The third-order valence-electron chi connectivity index (χ3n) is 2.56. The Kier molecular flexibility index (Phi) is 4.15. The molecule has 18 heavy (non-hydrogen) atoms. The number of carbonyl (C=O) groups excluding carboxylic acids is 1. The average molecular weight is 305 g/mol. The van der Waals surface area contributed by atoms with E-state index in [1.54, 1.807) is 18.2 Å². The highest BCUT2D eigenvalue weighted by atomic mass is 79.9. The molecule has 0 bridgehead atoms. The Morgan fingerprint density at radius 1 is 1.06 bits per heavy atom. The van der Waals surface area contributed by atoms with E-state index in [-0.39, 0.29) is 10.8 Å². The van der Waals surface area contributed by atoms with E-state index in [0.717, 1.165) is 5.56 Å². The lowest BCUT2D eigenvalue weighted by Gasteiger charge is -2.10. The number of alkyl halides is 1. The van der Waals surface area contributed by atoms with Crippen molar-refractivity contribution in [3.05, 3.63) is 65.7 Å². The van der Waals surface area contributed by atoms with Gasteiger partial charge < -0.3 is 4.74 Å². The van der Waals surface area contributed by atoms with Crippen molar-refractivity contribution in [2.45, 2.75) is 11.8 Å². The van der Waals surface area contributed by atoms with Crippen LogP contribution in [0.3, 0.4) is 0 Å². The molecule has 0 fully saturated rings. The van der Waals surface area contributed by atoms with Crippen molar-refractivity contribution >= 4 is 21.9 Å². The largest absolute Gasteiger partial charge is 0.423 e. The first-order valence-corrected chi connectivity index (χ1v) is 6.60. The molecule has 0 aliphatic carbocycles. The van der Waals surface area contributed by atoms with Crippen molar-refractivity contribution in [3.8, 4) is 5.75 Å². The van der Waals surface area contributed by atoms with Crippen LogP contribution >= 0.6 is 15.9 Å². The highest BCUT2D eigenvalue weighted by Gasteiger charge is 2.15. The minimum Gasteiger partial charge on any atom is -0.423 e. The monoisotopic (exact) mass is 304 g/mol. The molecular weight excluding hydrogens is 292 g/mol. The minimum atomic E-state index is -0.330. The van der Waals surface area contributed by atoms with Gasteiger partial charge in [-0.05, 0) is 30.7 Å². The lowest BCUT2D eigenvalue weighted by molar-refractivity contribution is 0.0733. The topological polar surface area (TPSA) is 26.3 Å². The van der Waals surface area contributed by atoms with Gasteiger partial charge in [-0.2, -0.15) is 0 Å². The van der Waals surface area contributed by atoms with E-state index in [1.807, 2.05) is 43.3 Å². The standard InChI is InChI=1S/C15H13BrO2/c1-11(16)13-9-5-6-10-14(13)15(17)18-12-7-3-2-4-8-12/h2-11H,1H3. The third-order valence-corrected chi connectivity index (χ3v) is 3.06. The molecule has 2 aromatic rings. The first kappa shape index (κ1) is 12.8. The third kappa shape index (κ3) is 2.99. The Hall–Kier alpha value is -1.61. The number of benzene rings is 2. The second kappa shape index (κ2) is 5.83. The summed E-state index contributed by atoms with van der Waals surface area (Å²) in [6.07, 6.45) is 0. The van der Waals surface area contributed by atoms with Crippen molar-refractivity contribution in [3.63, 3.8) is 0 Å². The van der Waals surface area contributed by atoms with E-state index in [9.17, 15) is 4.79 Å². The molecule has 0 saturated heterocycles. The zero-order chi connectivity index (χ0) is 13.0. The molecule has 2 rings (SSSR count). The van der Waals surface area contributed by atoms with Crippen LogP contribution < -0.4 is 4.74 Å². The van der Waals surface area contributed by atoms with Crippen LogP contribution in [0.1, 0.15) is 27.7 Å². The number of carbonyl (C=O) groups is 1. The van der Waals surface area contributed by atoms with Gasteiger partial charge in [-0.15, -0.1) is 0 Å². The van der Waals surface area contributed by atoms with Crippen LogP contribution in [-0.2, 0) is 0 Å². The number of para-hydroxylation sites is 1. The van der Waals surface area contributed by atoms with Crippen LogP contribution in [0.2, 0.25) is 0 Å². The van der Waals surface area contributed by atoms with E-state index in [1.165, 1.54) is 0 Å². The summed E-state index contributed by atoms with van der Waals surface area (Å²) in [6.45, 7) is 1.98. The molecule has 0 radical (unpaired) electrons. The lowest BCUT2D eigenvalue weighted by atomic mass is 10.1. The molecular formula is C15H13BrO2. The van der Waals surface area contributed by atoms with Crippen molar-refractivity contribution in [2.75, 3.05) is 0 Å². The first-order chi connectivity index (χ1) is 8.68. The summed E-state index contributed by atoms with van der Waals surface area (Å²) < 4.78 is 5.33. The van der Waals surface area contributed by atoms with Gasteiger partial charge in [-0.1, -0.05) is 52.3 Å². The van der Waals surface area contributed by atoms with Gasteiger partial charge in [0.1, 0.15) is 5.75 Å². The fourth-order valence-electron chi connectivity index (χ4n) is 1.68. The van der Waals surface area contributed by atoms with Crippen LogP contribution in [0.5, 0.6) is 5.75 Å². The van der Waals surface area contributed by atoms with Crippen molar-refractivity contribution in [1.29, 1.82) is 0 Å². The molecule has 2 aromatic carbocycles. The van der Waals surface area contributed by atoms with Gasteiger partial charge in [0.15, 0.2) is 0 Å². The SMILES string of the molecule is CC(Br)c1ccccc1C(=O)Oc1ccccc1. The Morgan fingerprint density at radius 3 is 2.33 bits per heavy atom. The summed E-state index contributed by atoms with van der Waals surface area (Å²) in [5.41, 5.74) is 1.52. The van der Waals surface area contributed by atoms with Gasteiger partial charge in [0, 0.05) is 4.83 Å². The summed E-state index contributed by atoms with van der Waals surface area (Å²) in [5, 5.41) is 0. The maximum Gasteiger partial charge on any atom is 0.343 e. The van der Waals surface area contributed by atoms with Gasteiger partial charge in [-0.3, -0.25) is 0 Å². The van der Waals surface area contributed by atoms with Crippen molar-refractivity contribution in [1.82, 2.24) is 0 Å². The van der Waals surface area contributed by atoms with E-state index >= 15 is 0 Å². The molecule has 0 spiro atoms. The molecule has 2 nitrogen and oxygen atoms in total. The highest BCUT2D eigenvalue weighted by Crippen LogP contribution is 2.26. The van der Waals surface area contributed by atoms with Crippen LogP contribution in [-0.4, -0.2) is 5.97 Å². The predicted molar refractivity (Wildman–Crippen MR) is 75.2 cm³/mol. The second-order valence-electron chi connectivity index (χ2n) is 3.91. The van der Waals surface area contributed by atoms with Crippen LogP contribution in [0.15, 0.2) is 54.6 Å². The first-order valence-electron chi connectivity index (χ1n) is 5.68. The maximum atomic E-state index is 12.1. The molecule has 0 aromatic heterocycles. The zero-order valence-electron chi connectivity index (χ0n) is 9.97. The second-order valence-corrected chi connectivity index (χ2v) is 5.28. The molecule has 1 atom stereocenters. The summed E-state index contributed by atoms with van der Waals surface area (Å²) in [4.78, 5) is 12.2. The maximum absolute atomic E-state index is 12.1. The highest BCUT2D eigenvalue weighted by molar-refractivity contribution is 9.09. The van der Waals surface area contributed by atoms with Gasteiger partial charge in [0.05, 0.1) is 5.56 Å². The number of hydrogen-bond donors (Lipinski definition) is 0. The number of esters is 1. The van der Waals surface area contributed by atoms with Crippen molar-refractivity contribution < 1.29 is 9.53 Å². The van der Waals surface area contributed by atoms with Crippen LogP contribution in [0.4, 0.5) is 0 Å². The summed E-state index contributed by atoms with van der Waals surface area (Å²) >= 11 is 3.48. The molecule has 0 amide bonds. The van der Waals surface area contributed by atoms with Gasteiger partial charge >= 0.3 is 5.97 Å². The Balaban J connectivity index is 2.24. The average Bonchev–Trinajstić information content (AvgIpc) is 2.40. The molecule has 92 valence electrons. The molecule has 0 aliphatic heterocycles. The quantitative estimate of drug-likeness (QED) is 0.478. The van der Waals surface area contributed by atoms with Gasteiger partial charge in [-0.25, -0.2) is 4.79 Å². The fraction of sp³-hybridized carbons (Fsp3) is 0.133. The Morgan fingerprint density at radius 2 is 1.67 bits per heavy atom. The molecule has 0 saturated carbocycles. The fourth-order valence-corrected chi connectivity index (χ4v) is 2.08. The molecule has 0 N–H and O–H groups in total. The smallest absolute Gasteiger partial charge is 0.343 e. The Bertz CT molecular complexity index is 535. The minimum absolute atomic E-state index is 0.108. The normalized spacial score (nSPS) is 11.9. The summed E-state index contributed by atoms with van der Waals surface area (Å²) in [7, 11) is 0. The Labute approximate surface area is 115 Å². The van der Waals surface area contributed by atoms with Crippen LogP contribution in [0.25, 0.3) is 0 Å². The number of halogens is 1. The molecule has 0 heterocycles. The number of hydrogen-bond acceptors (Lipinski definition) is 2. The van der Waals surface area contributed by atoms with Gasteiger partial charge in [0.25, 0.3) is 0 Å². The van der Waals surface area contributed by atoms with E-state index in [2.05, 4.69) is 15.9 Å². The van der Waals surface area contributed by atoms with E-state index in [0.29, 0.717) is 11.3 Å². The zero-order valence-corrected chi connectivity index (χ0v) is 11.6. The molecule has 0 aliphatic rings. The summed E-state index contributed by atoms with van der Waals surface area (Å²) in [5.74, 6) is 0.225. The van der Waals surface area contributed by atoms with Crippen molar-refractivity contribution in [2.24, 2.45) is 0 Å². The van der Waals surface area contributed by atoms with Crippen LogP contribution in [0, 0.1) is 0 Å². The number of ether oxygens (including phenoxy) is 1. The number of rotatable bonds is 3.